The zero-order chi connectivity index (χ0) is 33.8. The van der Waals surface area contributed by atoms with Gasteiger partial charge < -0.3 is 28.8 Å². The Morgan fingerprint density at radius 2 is 1.77 bits per heavy atom. The van der Waals surface area contributed by atoms with E-state index < -0.39 is 5.41 Å². The molecule has 0 bridgehead atoms. The minimum Gasteiger partial charge on any atom is -0.493 e. The van der Waals surface area contributed by atoms with Crippen molar-refractivity contribution in [2.45, 2.75) is 46.2 Å². The Hall–Kier alpha value is -5.29. The molecule has 4 aromatic heterocycles. The van der Waals surface area contributed by atoms with Gasteiger partial charge in [0.1, 0.15) is 22.5 Å². The molecule has 0 aliphatic carbocycles. The molecule has 11 heteroatoms. The normalized spacial score (nSPS) is 15.0. The van der Waals surface area contributed by atoms with Gasteiger partial charge in [-0.2, -0.15) is 0 Å². The highest BCUT2D eigenvalue weighted by Gasteiger charge is 2.45. The third kappa shape index (κ3) is 6.46. The summed E-state index contributed by atoms with van der Waals surface area (Å²) < 4.78 is 13.8. The first-order valence-corrected chi connectivity index (χ1v) is 16.2. The van der Waals surface area contributed by atoms with Crippen LogP contribution >= 0.6 is 0 Å². The van der Waals surface area contributed by atoms with E-state index in [1.807, 2.05) is 55.5 Å². The van der Waals surface area contributed by atoms with Crippen LogP contribution in [0.3, 0.4) is 0 Å². The molecule has 5 aromatic rings. The van der Waals surface area contributed by atoms with Crippen molar-refractivity contribution in [3.05, 3.63) is 101 Å². The van der Waals surface area contributed by atoms with Gasteiger partial charge in [-0.05, 0) is 94.3 Å². The number of carbonyl (C=O) groups excluding carboxylic acids is 2. The zero-order valence-corrected chi connectivity index (χ0v) is 27.7. The molecule has 1 aliphatic heterocycles. The topological polar surface area (TPSA) is 123 Å². The number of carbonyl (C=O) groups is 2. The average molecular weight is 649 g/mol. The molecule has 0 saturated carbocycles. The first kappa shape index (κ1) is 32.6. The summed E-state index contributed by atoms with van der Waals surface area (Å²) in [6.07, 6.45) is 10.1. The number of ether oxygens (including phenoxy) is 1. The minimum absolute atomic E-state index is 0.0148. The van der Waals surface area contributed by atoms with Gasteiger partial charge in [-0.3, -0.25) is 24.4 Å². The monoisotopic (exact) mass is 648 g/mol. The van der Waals surface area contributed by atoms with Crippen LogP contribution in [-0.2, 0) is 16.1 Å². The number of anilines is 2. The van der Waals surface area contributed by atoms with Gasteiger partial charge in [0.2, 0.25) is 11.8 Å². The van der Waals surface area contributed by atoms with Crippen molar-refractivity contribution in [1.82, 2.24) is 19.9 Å². The molecule has 0 fully saturated rings. The average Bonchev–Trinajstić information content (AvgIpc) is 3.54. The molecule has 0 saturated heterocycles. The number of rotatable bonds is 12. The highest BCUT2D eigenvalue weighted by molar-refractivity contribution is 6.20. The SMILES string of the molecule is CCN1C(=O)C(C)(C)C(=O)N(C)c2cc(OCCCNC(CCn3ccc4oc(-c5cccnc5)cc4c3=O)c3ccncc3)ccc21. The van der Waals surface area contributed by atoms with Gasteiger partial charge in [0, 0.05) is 68.8 Å². The molecule has 0 radical (unpaired) electrons. The Bertz CT molecular complexity index is 1970. The molecule has 2 amide bonds. The number of nitrogens with zero attached hydrogens (tertiary/aromatic N) is 5. The summed E-state index contributed by atoms with van der Waals surface area (Å²) in [6, 6.07) is 16.8. The second-order valence-corrected chi connectivity index (χ2v) is 12.4. The third-order valence-corrected chi connectivity index (χ3v) is 8.89. The first-order chi connectivity index (χ1) is 23.2. The van der Waals surface area contributed by atoms with E-state index in [1.165, 1.54) is 0 Å². The number of hydrogen-bond donors (Lipinski definition) is 1. The van der Waals surface area contributed by atoms with E-state index >= 15 is 0 Å². The molecule has 1 aromatic carbocycles. The van der Waals surface area contributed by atoms with Gasteiger partial charge in [0.25, 0.3) is 5.56 Å². The van der Waals surface area contributed by atoms with Gasteiger partial charge in [0.05, 0.1) is 23.4 Å². The quantitative estimate of drug-likeness (QED) is 0.137. The number of aromatic nitrogens is 3. The van der Waals surface area contributed by atoms with E-state index in [0.29, 0.717) is 66.5 Å². The lowest BCUT2D eigenvalue weighted by Crippen LogP contribution is -2.47. The molecule has 248 valence electrons. The molecule has 6 rings (SSSR count). The zero-order valence-electron chi connectivity index (χ0n) is 27.7. The smallest absolute Gasteiger partial charge is 0.261 e. The highest BCUT2D eigenvalue weighted by atomic mass is 16.5. The Morgan fingerprint density at radius 3 is 2.52 bits per heavy atom. The Labute approximate surface area is 279 Å². The van der Waals surface area contributed by atoms with Gasteiger partial charge in [-0.15, -0.1) is 0 Å². The van der Waals surface area contributed by atoms with E-state index in [-0.39, 0.29) is 23.4 Å². The van der Waals surface area contributed by atoms with Crippen molar-refractivity contribution in [2.75, 3.05) is 36.5 Å². The van der Waals surface area contributed by atoms with Gasteiger partial charge in [-0.25, -0.2) is 0 Å². The van der Waals surface area contributed by atoms with E-state index in [1.54, 1.807) is 72.3 Å². The van der Waals surface area contributed by atoms with Gasteiger partial charge >= 0.3 is 0 Å². The fraction of sp³-hybridized carbons (Fsp3) is 0.324. The summed E-state index contributed by atoms with van der Waals surface area (Å²) in [5.41, 5.74) is 2.52. The lowest BCUT2D eigenvalue weighted by atomic mass is 9.90. The van der Waals surface area contributed by atoms with Crippen LogP contribution in [0.25, 0.3) is 22.3 Å². The molecule has 1 N–H and O–H groups in total. The number of aryl methyl sites for hydroxylation is 1. The molecule has 1 atom stereocenters. The van der Waals surface area contributed by atoms with Crippen LogP contribution in [0.5, 0.6) is 5.75 Å². The summed E-state index contributed by atoms with van der Waals surface area (Å²) >= 11 is 0. The Kier molecular flexibility index (Phi) is 9.40. The molecule has 1 aliphatic rings. The lowest BCUT2D eigenvalue weighted by Gasteiger charge is -2.27. The summed E-state index contributed by atoms with van der Waals surface area (Å²) in [5, 5.41) is 4.16. The maximum absolute atomic E-state index is 13.4. The molecular formula is C37H40N6O5. The van der Waals surface area contributed by atoms with E-state index in [0.717, 1.165) is 17.5 Å². The van der Waals surface area contributed by atoms with Crippen LogP contribution in [0, 0.1) is 5.41 Å². The number of fused-ring (bicyclic) bond motifs is 2. The maximum atomic E-state index is 13.4. The summed E-state index contributed by atoms with van der Waals surface area (Å²) in [7, 11) is 1.70. The first-order valence-electron chi connectivity index (χ1n) is 16.2. The number of nitrogens with one attached hydrogen (secondary N) is 1. The van der Waals surface area contributed by atoms with Crippen molar-refractivity contribution in [1.29, 1.82) is 0 Å². The predicted octanol–water partition coefficient (Wildman–Crippen LogP) is 5.60. The number of pyridine rings is 3. The molecule has 48 heavy (non-hydrogen) atoms. The molecule has 5 heterocycles. The van der Waals surface area contributed by atoms with E-state index in [9.17, 15) is 14.4 Å². The van der Waals surface area contributed by atoms with E-state index in [2.05, 4.69) is 15.3 Å². The molecule has 0 spiro atoms. The van der Waals surface area contributed by atoms with Crippen LogP contribution < -0.4 is 25.4 Å². The Balaban J connectivity index is 1.09. The van der Waals surface area contributed by atoms with Crippen molar-refractivity contribution in [3.63, 3.8) is 0 Å². The van der Waals surface area contributed by atoms with Crippen LogP contribution in [-0.4, -0.2) is 53.1 Å². The fourth-order valence-corrected chi connectivity index (χ4v) is 6.16. The number of hydrogen-bond acceptors (Lipinski definition) is 8. The second kappa shape index (κ2) is 13.8. The maximum Gasteiger partial charge on any atom is 0.261 e. The molecule has 1 unspecified atom stereocenters. The predicted molar refractivity (Wildman–Crippen MR) is 185 cm³/mol. The van der Waals surface area contributed by atoms with Crippen molar-refractivity contribution in [3.8, 4) is 17.1 Å². The molecule has 11 nitrogen and oxygen atoms in total. The third-order valence-electron chi connectivity index (χ3n) is 8.89. The van der Waals surface area contributed by atoms with Crippen LogP contribution in [0.2, 0.25) is 0 Å². The van der Waals surface area contributed by atoms with Crippen molar-refractivity contribution in [2.24, 2.45) is 5.41 Å². The number of amides is 2. The van der Waals surface area contributed by atoms with Crippen molar-refractivity contribution >= 4 is 34.2 Å². The lowest BCUT2D eigenvalue weighted by molar-refractivity contribution is -0.137. The standard InChI is InChI=1S/C37H40N6O5/c1-5-43-30-10-9-27(22-31(30)41(4)35(45)37(2,3)36(43)46)47-21-7-16-40-29(25-11-17-38-18-12-25)13-19-42-20-14-32-28(34(42)44)23-33(48-32)26-8-6-15-39-24-26/h6,8-12,14-15,17-18,20,22-24,29,40H,5,7,13,16,19,21H2,1-4H3. The highest BCUT2D eigenvalue weighted by Crippen LogP contribution is 2.40. The summed E-state index contributed by atoms with van der Waals surface area (Å²) in [4.78, 5) is 51.2. The largest absolute Gasteiger partial charge is 0.493 e. The Morgan fingerprint density at radius 1 is 0.958 bits per heavy atom. The second-order valence-electron chi connectivity index (χ2n) is 12.4. The summed E-state index contributed by atoms with van der Waals surface area (Å²) in [6.45, 7) is 7.33. The molecular weight excluding hydrogens is 608 g/mol. The van der Waals surface area contributed by atoms with Gasteiger partial charge in [0.15, 0.2) is 0 Å². The van der Waals surface area contributed by atoms with E-state index in [4.69, 9.17) is 9.15 Å². The fourth-order valence-electron chi connectivity index (χ4n) is 6.16. The van der Waals surface area contributed by atoms with Crippen LogP contribution in [0.4, 0.5) is 11.4 Å². The minimum atomic E-state index is -1.16. The van der Waals surface area contributed by atoms with Gasteiger partial charge in [-0.1, -0.05) is 0 Å². The van der Waals surface area contributed by atoms with Crippen LogP contribution in [0.1, 0.15) is 45.2 Å². The van der Waals surface area contributed by atoms with Crippen molar-refractivity contribution < 1.29 is 18.7 Å². The van der Waals surface area contributed by atoms with Crippen LogP contribution in [0.15, 0.2) is 94.8 Å². The number of benzene rings is 1. The number of furan rings is 1. The summed E-state index contributed by atoms with van der Waals surface area (Å²) in [5.74, 6) is 0.767.